The molecule has 0 aliphatic heterocycles. The lowest BCUT2D eigenvalue weighted by atomic mass is 10.1. The Morgan fingerprint density at radius 3 is 2.77 bits per heavy atom. The van der Waals surface area contributed by atoms with Crippen molar-refractivity contribution in [3.8, 4) is 0 Å². The molecule has 1 heterocycles. The van der Waals surface area contributed by atoms with Gasteiger partial charge < -0.3 is 5.73 Å². The molecule has 0 atom stereocenters. The Balaban J connectivity index is 2.90. The van der Waals surface area contributed by atoms with E-state index in [9.17, 15) is 0 Å². The lowest BCUT2D eigenvalue weighted by Crippen LogP contribution is -2.00. The van der Waals surface area contributed by atoms with Gasteiger partial charge in [-0.15, -0.1) is 0 Å². The van der Waals surface area contributed by atoms with Crippen LogP contribution in [0.25, 0.3) is 0 Å². The van der Waals surface area contributed by atoms with Crippen molar-refractivity contribution in [3.63, 3.8) is 0 Å². The number of hydrogen-bond acceptors (Lipinski definition) is 3. The molecule has 0 aliphatic rings. The van der Waals surface area contributed by atoms with Crippen molar-refractivity contribution in [3.05, 3.63) is 23.0 Å². The van der Waals surface area contributed by atoms with Crippen molar-refractivity contribution in [1.29, 1.82) is 0 Å². The Morgan fingerprint density at radius 2 is 2.15 bits per heavy atom. The molecule has 1 rings (SSSR count). The SMILES string of the molecule is CCSCc1ncc(C)c(N)c1C. The van der Waals surface area contributed by atoms with E-state index in [2.05, 4.69) is 11.9 Å². The third-order valence-corrected chi connectivity index (χ3v) is 3.00. The van der Waals surface area contributed by atoms with E-state index in [4.69, 9.17) is 5.73 Å². The number of aryl methyl sites for hydroxylation is 1. The van der Waals surface area contributed by atoms with E-state index in [1.807, 2.05) is 31.8 Å². The van der Waals surface area contributed by atoms with Gasteiger partial charge in [-0.1, -0.05) is 6.92 Å². The first-order valence-corrected chi connectivity index (χ1v) is 5.60. The average molecular weight is 196 g/mol. The summed E-state index contributed by atoms with van der Waals surface area (Å²) in [6.45, 7) is 6.19. The van der Waals surface area contributed by atoms with Gasteiger partial charge in [0, 0.05) is 17.6 Å². The third kappa shape index (κ3) is 2.37. The quantitative estimate of drug-likeness (QED) is 0.807. The summed E-state index contributed by atoms with van der Waals surface area (Å²) in [7, 11) is 0. The maximum absolute atomic E-state index is 5.91. The molecule has 0 amide bonds. The lowest BCUT2D eigenvalue weighted by Gasteiger charge is -2.08. The highest BCUT2D eigenvalue weighted by Crippen LogP contribution is 2.21. The van der Waals surface area contributed by atoms with E-state index in [-0.39, 0.29) is 0 Å². The number of thioether (sulfide) groups is 1. The van der Waals surface area contributed by atoms with Gasteiger partial charge in [0.2, 0.25) is 0 Å². The topological polar surface area (TPSA) is 38.9 Å². The van der Waals surface area contributed by atoms with Crippen LogP contribution in [0, 0.1) is 13.8 Å². The summed E-state index contributed by atoms with van der Waals surface area (Å²) in [5, 5.41) is 0. The second kappa shape index (κ2) is 4.51. The van der Waals surface area contributed by atoms with Crippen LogP contribution < -0.4 is 5.73 Å². The zero-order valence-corrected chi connectivity index (χ0v) is 9.24. The summed E-state index contributed by atoms with van der Waals surface area (Å²) in [4.78, 5) is 4.38. The minimum absolute atomic E-state index is 0.890. The summed E-state index contributed by atoms with van der Waals surface area (Å²) < 4.78 is 0. The molecule has 0 spiro atoms. The highest BCUT2D eigenvalue weighted by molar-refractivity contribution is 7.98. The summed E-state index contributed by atoms with van der Waals surface area (Å²) in [5.41, 5.74) is 10.1. The molecule has 3 heteroatoms. The Hall–Kier alpha value is -0.700. The average Bonchev–Trinajstić information content (AvgIpc) is 2.13. The highest BCUT2D eigenvalue weighted by atomic mass is 32.2. The maximum atomic E-state index is 5.91. The fraction of sp³-hybridized carbons (Fsp3) is 0.500. The van der Waals surface area contributed by atoms with Gasteiger partial charge in [-0.05, 0) is 30.7 Å². The van der Waals surface area contributed by atoms with E-state index in [1.54, 1.807) is 0 Å². The number of nitrogen functional groups attached to an aromatic ring is 1. The van der Waals surface area contributed by atoms with Gasteiger partial charge in [0.05, 0.1) is 5.69 Å². The lowest BCUT2D eigenvalue weighted by molar-refractivity contribution is 1.11. The van der Waals surface area contributed by atoms with Crippen LogP contribution in [0.3, 0.4) is 0 Å². The van der Waals surface area contributed by atoms with Crippen LogP contribution in [0.15, 0.2) is 6.20 Å². The number of aromatic nitrogens is 1. The molecule has 0 aromatic carbocycles. The number of nitrogens with zero attached hydrogens (tertiary/aromatic N) is 1. The van der Waals surface area contributed by atoms with E-state index in [1.165, 1.54) is 0 Å². The number of anilines is 1. The van der Waals surface area contributed by atoms with Crippen LogP contribution in [-0.4, -0.2) is 10.7 Å². The summed E-state index contributed by atoms with van der Waals surface area (Å²) in [6.07, 6.45) is 1.86. The molecular weight excluding hydrogens is 180 g/mol. The molecule has 2 N–H and O–H groups in total. The van der Waals surface area contributed by atoms with Gasteiger partial charge in [-0.3, -0.25) is 4.98 Å². The minimum Gasteiger partial charge on any atom is -0.398 e. The monoisotopic (exact) mass is 196 g/mol. The minimum atomic E-state index is 0.890. The van der Waals surface area contributed by atoms with Crippen molar-refractivity contribution in [1.82, 2.24) is 4.98 Å². The van der Waals surface area contributed by atoms with Crippen molar-refractivity contribution < 1.29 is 0 Å². The molecular formula is C10H16N2S. The number of rotatable bonds is 3. The molecule has 0 unspecified atom stereocenters. The summed E-state index contributed by atoms with van der Waals surface area (Å²) in [5.74, 6) is 2.09. The molecule has 13 heavy (non-hydrogen) atoms. The number of nitrogens with two attached hydrogens (primary N) is 1. The van der Waals surface area contributed by atoms with Crippen LogP contribution in [0.1, 0.15) is 23.7 Å². The van der Waals surface area contributed by atoms with Gasteiger partial charge in [-0.25, -0.2) is 0 Å². The van der Waals surface area contributed by atoms with E-state index in [0.717, 1.165) is 34.0 Å². The first-order valence-electron chi connectivity index (χ1n) is 4.45. The predicted molar refractivity (Wildman–Crippen MR) is 60.0 cm³/mol. The van der Waals surface area contributed by atoms with Crippen molar-refractivity contribution in [2.24, 2.45) is 0 Å². The van der Waals surface area contributed by atoms with Crippen molar-refractivity contribution in [2.75, 3.05) is 11.5 Å². The Bertz CT molecular complexity index is 297. The summed E-state index contributed by atoms with van der Waals surface area (Å²) in [6, 6.07) is 0. The standard InChI is InChI=1S/C10H16N2S/c1-4-13-6-9-8(3)10(11)7(2)5-12-9/h5H,4,6H2,1-3H3,(H2,11,12). The van der Waals surface area contributed by atoms with E-state index < -0.39 is 0 Å². The second-order valence-corrected chi connectivity index (χ2v) is 4.34. The van der Waals surface area contributed by atoms with Crippen molar-refractivity contribution >= 4 is 17.4 Å². The normalized spacial score (nSPS) is 10.4. The van der Waals surface area contributed by atoms with Gasteiger partial charge >= 0.3 is 0 Å². The molecule has 0 radical (unpaired) electrons. The molecule has 0 saturated heterocycles. The largest absolute Gasteiger partial charge is 0.398 e. The maximum Gasteiger partial charge on any atom is 0.0552 e. The first-order chi connectivity index (χ1) is 6.16. The van der Waals surface area contributed by atoms with Gasteiger partial charge in [0.15, 0.2) is 0 Å². The van der Waals surface area contributed by atoms with Gasteiger partial charge in [-0.2, -0.15) is 11.8 Å². The van der Waals surface area contributed by atoms with Crippen LogP contribution in [0.4, 0.5) is 5.69 Å². The second-order valence-electron chi connectivity index (χ2n) is 3.06. The summed E-state index contributed by atoms with van der Waals surface area (Å²) >= 11 is 1.87. The van der Waals surface area contributed by atoms with Gasteiger partial charge in [0.25, 0.3) is 0 Å². The molecule has 0 fully saturated rings. The Labute approximate surface area is 83.9 Å². The smallest absolute Gasteiger partial charge is 0.0552 e. The van der Waals surface area contributed by atoms with Crippen molar-refractivity contribution in [2.45, 2.75) is 26.5 Å². The van der Waals surface area contributed by atoms with E-state index in [0.29, 0.717) is 0 Å². The fourth-order valence-corrected chi connectivity index (χ4v) is 1.83. The third-order valence-electron chi connectivity index (χ3n) is 2.12. The predicted octanol–water partition coefficient (Wildman–Crippen LogP) is 2.53. The van der Waals surface area contributed by atoms with Crippen LogP contribution in [-0.2, 0) is 5.75 Å². The number of pyridine rings is 1. The fourth-order valence-electron chi connectivity index (χ4n) is 1.14. The first kappa shape index (κ1) is 10.4. The molecule has 0 saturated carbocycles. The molecule has 0 aliphatic carbocycles. The molecule has 2 nitrogen and oxygen atoms in total. The number of hydrogen-bond donors (Lipinski definition) is 1. The van der Waals surface area contributed by atoms with E-state index >= 15 is 0 Å². The Kier molecular flexibility index (Phi) is 3.60. The zero-order valence-electron chi connectivity index (χ0n) is 8.42. The molecule has 1 aromatic rings. The molecule has 1 aromatic heterocycles. The van der Waals surface area contributed by atoms with Gasteiger partial charge in [0.1, 0.15) is 0 Å². The van der Waals surface area contributed by atoms with Crippen LogP contribution in [0.2, 0.25) is 0 Å². The molecule has 72 valence electrons. The van der Waals surface area contributed by atoms with Crippen LogP contribution in [0.5, 0.6) is 0 Å². The highest BCUT2D eigenvalue weighted by Gasteiger charge is 2.04. The van der Waals surface area contributed by atoms with Crippen LogP contribution >= 0.6 is 11.8 Å². The molecule has 0 bridgehead atoms. The zero-order chi connectivity index (χ0) is 9.84. The Morgan fingerprint density at radius 1 is 1.46 bits per heavy atom.